The number of rotatable bonds is 3. The van der Waals surface area contributed by atoms with Crippen LogP contribution in [0.5, 0.6) is 0 Å². The van der Waals surface area contributed by atoms with Crippen molar-refractivity contribution in [2.24, 2.45) is 0 Å². The average molecular weight is 367 g/mol. The molecule has 3 N–H and O–H groups in total. The van der Waals surface area contributed by atoms with Gasteiger partial charge in [0.2, 0.25) is 5.69 Å². The first-order chi connectivity index (χ1) is 12.0. The summed E-state index contributed by atoms with van der Waals surface area (Å²) in [5.41, 5.74) is 1.36. The van der Waals surface area contributed by atoms with Crippen LogP contribution >= 0.6 is 11.8 Å². The zero-order chi connectivity index (χ0) is 18.2. The maximum absolute atomic E-state index is 11.7. The minimum absolute atomic E-state index is 0.494. The van der Waals surface area contributed by atoms with Gasteiger partial charge in [-0.3, -0.25) is 4.63 Å². The van der Waals surface area contributed by atoms with Crippen molar-refractivity contribution in [1.82, 2.24) is 10.5 Å². The van der Waals surface area contributed by atoms with Crippen molar-refractivity contribution < 1.29 is 29.3 Å². The van der Waals surface area contributed by atoms with Gasteiger partial charge in [0, 0.05) is 10.8 Å². The molecule has 1 aromatic heterocycles. The van der Waals surface area contributed by atoms with E-state index in [9.17, 15) is 5.21 Å². The molecule has 1 aliphatic rings. The van der Waals surface area contributed by atoms with Crippen LogP contribution in [0.1, 0.15) is 12.8 Å². The molecule has 134 valence electrons. The molecule has 0 unspecified atom stereocenters. The van der Waals surface area contributed by atoms with Crippen molar-refractivity contribution in [3.05, 3.63) is 35.5 Å². The van der Waals surface area contributed by atoms with Gasteiger partial charge in [-0.25, -0.2) is 9.59 Å². The number of nitrogens with zero attached hydrogens (tertiary/aromatic N) is 2. The molecule has 0 atom stereocenters. The van der Waals surface area contributed by atoms with Crippen LogP contribution in [-0.2, 0) is 9.59 Å². The number of carboxylic acid groups (broad SMARTS) is 2. The number of carbonyl (C=O) groups is 2. The lowest BCUT2D eigenvalue weighted by atomic mass is 10.2. The fourth-order valence-electron chi connectivity index (χ4n) is 2.21. The fourth-order valence-corrected chi connectivity index (χ4v) is 3.38. The van der Waals surface area contributed by atoms with Crippen LogP contribution in [0.15, 0.2) is 40.0 Å². The van der Waals surface area contributed by atoms with Gasteiger partial charge in [0.1, 0.15) is 0 Å². The molecule has 1 saturated heterocycles. The van der Waals surface area contributed by atoms with Crippen LogP contribution in [0.4, 0.5) is 0 Å². The number of hydrogen-bond acceptors (Lipinski definition) is 7. The summed E-state index contributed by atoms with van der Waals surface area (Å²) < 4.78 is 4.77. The molecule has 9 nitrogen and oxygen atoms in total. The molecule has 0 radical (unpaired) electrons. The molecular formula is C15H17N3O6S. The van der Waals surface area contributed by atoms with Gasteiger partial charge in [-0.05, 0) is 30.8 Å². The summed E-state index contributed by atoms with van der Waals surface area (Å²) in [5, 5.41) is 34.9. The van der Waals surface area contributed by atoms with E-state index in [1.807, 2.05) is 30.3 Å². The van der Waals surface area contributed by atoms with E-state index in [1.54, 1.807) is 11.8 Å². The van der Waals surface area contributed by atoms with Crippen molar-refractivity contribution in [1.29, 1.82) is 0 Å². The van der Waals surface area contributed by atoms with Gasteiger partial charge in [-0.2, -0.15) is 0 Å². The normalized spacial score (nSPS) is 14.4. The van der Waals surface area contributed by atoms with Gasteiger partial charge >= 0.3 is 11.9 Å². The summed E-state index contributed by atoms with van der Waals surface area (Å²) in [5.74, 6) is -3.65. The molecular weight excluding hydrogens is 350 g/mol. The number of aromatic nitrogens is 2. The minimum Gasteiger partial charge on any atom is -0.473 e. The highest BCUT2D eigenvalue weighted by atomic mass is 32.2. The SMILES string of the molecule is O=C(O)C(=O)O.[O-][n+]1onc(SC2CCNCC2)c1-c1ccccc1. The molecule has 2 heterocycles. The summed E-state index contributed by atoms with van der Waals surface area (Å²) in [6, 6.07) is 9.52. The van der Waals surface area contributed by atoms with Gasteiger partial charge in [-0.1, -0.05) is 42.1 Å². The Morgan fingerprint density at radius 2 is 1.80 bits per heavy atom. The Kier molecular flexibility index (Phi) is 6.78. The van der Waals surface area contributed by atoms with Crippen molar-refractivity contribution in [3.63, 3.8) is 0 Å². The predicted octanol–water partition coefficient (Wildman–Crippen LogP) is 0.975. The van der Waals surface area contributed by atoms with E-state index in [0.29, 0.717) is 20.9 Å². The van der Waals surface area contributed by atoms with Gasteiger partial charge in [0.25, 0.3) is 5.03 Å². The third-order valence-electron chi connectivity index (χ3n) is 3.38. The molecule has 25 heavy (non-hydrogen) atoms. The van der Waals surface area contributed by atoms with E-state index in [1.165, 1.54) is 0 Å². The number of aliphatic carboxylic acids is 2. The Balaban J connectivity index is 0.000000326. The molecule has 0 amide bonds. The van der Waals surface area contributed by atoms with Crippen molar-refractivity contribution in [2.75, 3.05) is 13.1 Å². The van der Waals surface area contributed by atoms with Crippen LogP contribution < -0.4 is 10.2 Å². The van der Waals surface area contributed by atoms with E-state index >= 15 is 0 Å². The highest BCUT2D eigenvalue weighted by molar-refractivity contribution is 8.00. The summed E-state index contributed by atoms with van der Waals surface area (Å²) in [6.45, 7) is 2.04. The Hall–Kier alpha value is -2.59. The van der Waals surface area contributed by atoms with Crippen LogP contribution in [0.3, 0.4) is 0 Å². The molecule has 3 rings (SSSR count). The summed E-state index contributed by atoms with van der Waals surface area (Å²) in [6.07, 6.45) is 2.18. The molecule has 1 fully saturated rings. The quantitative estimate of drug-likeness (QED) is 0.535. The van der Waals surface area contributed by atoms with Crippen molar-refractivity contribution in [2.45, 2.75) is 23.1 Å². The molecule has 1 aromatic carbocycles. The second kappa shape index (κ2) is 9.04. The van der Waals surface area contributed by atoms with Crippen LogP contribution in [0.25, 0.3) is 11.3 Å². The maximum Gasteiger partial charge on any atom is 0.414 e. The third-order valence-corrected chi connectivity index (χ3v) is 4.67. The summed E-state index contributed by atoms with van der Waals surface area (Å²) in [7, 11) is 0. The first kappa shape index (κ1) is 18.7. The van der Waals surface area contributed by atoms with Gasteiger partial charge in [0.05, 0.1) is 5.16 Å². The molecule has 0 saturated carbocycles. The number of thioether (sulfide) groups is 1. The predicted molar refractivity (Wildman–Crippen MR) is 87.9 cm³/mol. The van der Waals surface area contributed by atoms with Crippen LogP contribution in [-0.4, -0.2) is 45.6 Å². The highest BCUT2D eigenvalue weighted by Crippen LogP contribution is 2.33. The second-order valence-electron chi connectivity index (χ2n) is 5.13. The molecule has 1 aliphatic heterocycles. The topological polar surface area (TPSA) is 140 Å². The van der Waals surface area contributed by atoms with Crippen molar-refractivity contribution in [3.8, 4) is 11.3 Å². The zero-order valence-electron chi connectivity index (χ0n) is 13.1. The number of hydrogen-bond donors (Lipinski definition) is 3. The molecule has 2 aromatic rings. The monoisotopic (exact) mass is 367 g/mol. The van der Waals surface area contributed by atoms with Crippen LogP contribution in [0.2, 0.25) is 0 Å². The number of piperidine rings is 1. The van der Waals surface area contributed by atoms with Crippen molar-refractivity contribution >= 4 is 23.7 Å². The van der Waals surface area contributed by atoms with E-state index in [0.717, 1.165) is 31.5 Å². The van der Waals surface area contributed by atoms with Gasteiger partial charge in [0.15, 0.2) is 0 Å². The largest absolute Gasteiger partial charge is 0.473 e. The Labute approximate surface area is 147 Å². The van der Waals surface area contributed by atoms with Crippen LogP contribution in [0, 0.1) is 5.21 Å². The minimum atomic E-state index is -1.82. The summed E-state index contributed by atoms with van der Waals surface area (Å²) >= 11 is 1.64. The third kappa shape index (κ3) is 5.47. The Morgan fingerprint density at radius 1 is 1.20 bits per heavy atom. The highest BCUT2D eigenvalue weighted by Gasteiger charge is 2.25. The molecule has 0 spiro atoms. The zero-order valence-corrected chi connectivity index (χ0v) is 13.9. The molecule has 0 aliphatic carbocycles. The lowest BCUT2D eigenvalue weighted by Crippen LogP contribution is -2.29. The number of benzene rings is 1. The van der Waals surface area contributed by atoms with E-state index in [-0.39, 0.29) is 0 Å². The first-order valence-corrected chi connectivity index (χ1v) is 8.35. The van der Waals surface area contributed by atoms with E-state index in [2.05, 4.69) is 10.5 Å². The smallest absolute Gasteiger partial charge is 0.414 e. The standard InChI is InChI=1S/C13H15N3O2S.C2H2O4/c17-16-12(10-4-2-1-3-5-10)13(15-18-16)19-11-6-8-14-9-7-11;3-1(4)2(5)6/h1-5,11,14H,6-9H2;(H,3,4)(H,5,6). The van der Waals surface area contributed by atoms with Gasteiger partial charge < -0.3 is 20.7 Å². The summed E-state index contributed by atoms with van der Waals surface area (Å²) in [4.78, 5) is 18.7. The number of nitrogens with one attached hydrogen (secondary N) is 1. The lowest BCUT2D eigenvalue weighted by Gasteiger charge is -2.20. The molecule has 0 bridgehead atoms. The van der Waals surface area contributed by atoms with E-state index in [4.69, 9.17) is 24.4 Å². The lowest BCUT2D eigenvalue weighted by molar-refractivity contribution is -0.793. The fraction of sp³-hybridized carbons (Fsp3) is 0.333. The maximum atomic E-state index is 11.7. The Bertz CT molecular complexity index is 703. The Morgan fingerprint density at radius 3 is 2.36 bits per heavy atom. The number of carboxylic acids is 2. The van der Waals surface area contributed by atoms with E-state index < -0.39 is 11.9 Å². The second-order valence-corrected chi connectivity index (χ2v) is 6.42. The first-order valence-electron chi connectivity index (χ1n) is 7.47. The average Bonchev–Trinajstić information content (AvgIpc) is 2.97. The van der Waals surface area contributed by atoms with Gasteiger partial charge in [-0.15, -0.1) is 0 Å². The molecule has 10 heteroatoms.